The molecule has 0 aliphatic carbocycles. The molecule has 1 amide bonds. The largest absolute Gasteiger partial charge is 0.324 e. The van der Waals surface area contributed by atoms with Gasteiger partial charge in [0, 0.05) is 18.8 Å². The van der Waals surface area contributed by atoms with Gasteiger partial charge in [0.15, 0.2) is 0 Å². The molecule has 0 spiro atoms. The fourth-order valence-electron chi connectivity index (χ4n) is 3.12. The Morgan fingerprint density at radius 3 is 2.65 bits per heavy atom. The van der Waals surface area contributed by atoms with Gasteiger partial charge in [0.1, 0.15) is 0 Å². The van der Waals surface area contributed by atoms with Crippen molar-refractivity contribution in [3.63, 3.8) is 0 Å². The third-order valence-corrected chi connectivity index (χ3v) is 4.74. The van der Waals surface area contributed by atoms with Crippen LogP contribution in [0.25, 0.3) is 0 Å². The second-order valence-electron chi connectivity index (χ2n) is 6.47. The maximum absolute atomic E-state index is 12.6. The molecule has 23 heavy (non-hydrogen) atoms. The van der Waals surface area contributed by atoms with E-state index < -0.39 is 0 Å². The minimum Gasteiger partial charge on any atom is -0.324 e. The molecule has 1 atom stereocenters. The number of hydrogen-bond acceptors (Lipinski definition) is 2. The standard InChI is InChI=1S/C20H24N2O/c1-14-8-9-15(2)19(12-14)21-20(23)16(3)22-11-10-17-6-4-5-7-18(17)13-22/h4-9,12,16H,10-11,13H2,1-3H3,(H,21,23)/t16-/m1/s1. The van der Waals surface area contributed by atoms with Crippen molar-refractivity contribution in [2.75, 3.05) is 11.9 Å². The van der Waals surface area contributed by atoms with Crippen LogP contribution in [0, 0.1) is 13.8 Å². The number of aryl methyl sites for hydroxylation is 2. The van der Waals surface area contributed by atoms with Crippen LogP contribution >= 0.6 is 0 Å². The van der Waals surface area contributed by atoms with E-state index in [1.807, 2.05) is 32.9 Å². The fourth-order valence-corrected chi connectivity index (χ4v) is 3.12. The summed E-state index contributed by atoms with van der Waals surface area (Å²) in [6, 6.07) is 14.5. The number of nitrogens with zero attached hydrogens (tertiary/aromatic N) is 1. The lowest BCUT2D eigenvalue weighted by Crippen LogP contribution is -2.44. The number of benzene rings is 2. The third kappa shape index (κ3) is 3.45. The molecule has 1 aliphatic heterocycles. The smallest absolute Gasteiger partial charge is 0.241 e. The minimum absolute atomic E-state index is 0.0677. The van der Waals surface area contributed by atoms with Crippen LogP contribution < -0.4 is 5.32 Å². The topological polar surface area (TPSA) is 32.3 Å². The Morgan fingerprint density at radius 1 is 1.13 bits per heavy atom. The van der Waals surface area contributed by atoms with Gasteiger partial charge in [-0.2, -0.15) is 0 Å². The summed E-state index contributed by atoms with van der Waals surface area (Å²) in [5.74, 6) is 0.0677. The van der Waals surface area contributed by atoms with Gasteiger partial charge in [-0.25, -0.2) is 0 Å². The molecule has 1 aliphatic rings. The van der Waals surface area contributed by atoms with E-state index in [9.17, 15) is 4.79 Å². The number of hydrogen-bond donors (Lipinski definition) is 1. The van der Waals surface area contributed by atoms with Crippen molar-refractivity contribution < 1.29 is 4.79 Å². The van der Waals surface area contributed by atoms with Crippen molar-refractivity contribution in [1.29, 1.82) is 0 Å². The second-order valence-corrected chi connectivity index (χ2v) is 6.47. The molecule has 3 heteroatoms. The highest BCUT2D eigenvalue weighted by Gasteiger charge is 2.25. The first-order valence-electron chi connectivity index (χ1n) is 8.23. The lowest BCUT2D eigenvalue weighted by atomic mass is 9.98. The summed E-state index contributed by atoms with van der Waals surface area (Å²) >= 11 is 0. The molecule has 0 saturated carbocycles. The normalized spacial score (nSPS) is 15.8. The Morgan fingerprint density at radius 2 is 1.87 bits per heavy atom. The van der Waals surface area contributed by atoms with Crippen LogP contribution in [0.4, 0.5) is 5.69 Å². The molecule has 1 N–H and O–H groups in total. The van der Waals surface area contributed by atoms with Gasteiger partial charge in [0.05, 0.1) is 6.04 Å². The number of rotatable bonds is 3. The van der Waals surface area contributed by atoms with E-state index in [0.29, 0.717) is 0 Å². The maximum Gasteiger partial charge on any atom is 0.241 e. The summed E-state index contributed by atoms with van der Waals surface area (Å²) in [6.45, 7) is 7.83. The van der Waals surface area contributed by atoms with Crippen LogP contribution in [0.5, 0.6) is 0 Å². The molecule has 2 aromatic rings. The molecule has 0 radical (unpaired) electrons. The van der Waals surface area contributed by atoms with E-state index in [-0.39, 0.29) is 11.9 Å². The highest BCUT2D eigenvalue weighted by molar-refractivity contribution is 5.95. The van der Waals surface area contributed by atoms with Crippen LogP contribution in [-0.4, -0.2) is 23.4 Å². The first kappa shape index (κ1) is 15.8. The average molecular weight is 308 g/mol. The monoisotopic (exact) mass is 308 g/mol. The summed E-state index contributed by atoms with van der Waals surface area (Å²) in [6.07, 6.45) is 1.01. The van der Waals surface area contributed by atoms with E-state index in [1.54, 1.807) is 0 Å². The summed E-state index contributed by atoms with van der Waals surface area (Å²) in [4.78, 5) is 14.9. The van der Waals surface area contributed by atoms with Gasteiger partial charge in [-0.1, -0.05) is 36.4 Å². The predicted octanol–water partition coefficient (Wildman–Crippen LogP) is 3.69. The molecule has 0 aromatic heterocycles. The predicted molar refractivity (Wildman–Crippen MR) is 94.6 cm³/mol. The van der Waals surface area contributed by atoms with E-state index in [4.69, 9.17) is 0 Å². The highest BCUT2D eigenvalue weighted by atomic mass is 16.2. The van der Waals surface area contributed by atoms with Gasteiger partial charge in [-0.3, -0.25) is 9.69 Å². The molecule has 3 rings (SSSR count). The summed E-state index contributed by atoms with van der Waals surface area (Å²) in [5, 5.41) is 3.09. The van der Waals surface area contributed by atoms with Gasteiger partial charge < -0.3 is 5.32 Å². The lowest BCUT2D eigenvalue weighted by molar-refractivity contribution is -0.121. The third-order valence-electron chi connectivity index (χ3n) is 4.74. The van der Waals surface area contributed by atoms with Crippen molar-refractivity contribution in [1.82, 2.24) is 4.90 Å². The minimum atomic E-state index is -0.136. The number of carbonyl (C=O) groups is 1. The SMILES string of the molecule is Cc1ccc(C)c(NC(=O)[C@@H](C)N2CCc3ccccc3C2)c1. The Hall–Kier alpha value is -2.13. The second kappa shape index (κ2) is 6.55. The quantitative estimate of drug-likeness (QED) is 0.938. The molecule has 0 unspecified atom stereocenters. The molecule has 0 bridgehead atoms. The van der Waals surface area contributed by atoms with Crippen molar-refractivity contribution in [3.05, 3.63) is 64.7 Å². The van der Waals surface area contributed by atoms with Gasteiger partial charge >= 0.3 is 0 Å². The Kier molecular flexibility index (Phi) is 4.49. The summed E-state index contributed by atoms with van der Waals surface area (Å²) in [7, 11) is 0. The highest BCUT2D eigenvalue weighted by Crippen LogP contribution is 2.22. The van der Waals surface area contributed by atoms with Crippen molar-refractivity contribution >= 4 is 11.6 Å². The first-order chi connectivity index (χ1) is 11.0. The zero-order valence-corrected chi connectivity index (χ0v) is 14.1. The number of anilines is 1. The Balaban J connectivity index is 1.70. The van der Waals surface area contributed by atoms with Crippen molar-refractivity contribution in [3.8, 4) is 0 Å². The van der Waals surface area contributed by atoms with Gasteiger partial charge in [0.25, 0.3) is 0 Å². The number of amides is 1. The van der Waals surface area contributed by atoms with Gasteiger partial charge in [-0.05, 0) is 55.5 Å². The van der Waals surface area contributed by atoms with E-state index in [1.165, 1.54) is 11.1 Å². The molecular weight excluding hydrogens is 284 g/mol. The first-order valence-corrected chi connectivity index (χ1v) is 8.23. The zero-order chi connectivity index (χ0) is 16.4. The molecule has 3 nitrogen and oxygen atoms in total. The van der Waals surface area contributed by atoms with E-state index >= 15 is 0 Å². The number of carbonyl (C=O) groups excluding carboxylic acids is 1. The van der Waals surface area contributed by atoms with E-state index in [0.717, 1.165) is 36.3 Å². The molecule has 2 aromatic carbocycles. The number of nitrogens with one attached hydrogen (secondary N) is 1. The van der Waals surface area contributed by atoms with Crippen LogP contribution in [0.3, 0.4) is 0 Å². The molecular formula is C20H24N2O. The van der Waals surface area contributed by atoms with Gasteiger partial charge in [-0.15, -0.1) is 0 Å². The lowest BCUT2D eigenvalue weighted by Gasteiger charge is -2.33. The average Bonchev–Trinajstić information content (AvgIpc) is 2.57. The molecule has 0 fully saturated rings. The van der Waals surface area contributed by atoms with Crippen LogP contribution in [0.2, 0.25) is 0 Å². The fraction of sp³-hybridized carbons (Fsp3) is 0.350. The Labute approximate surface area is 138 Å². The van der Waals surface area contributed by atoms with Crippen LogP contribution in [0.15, 0.2) is 42.5 Å². The van der Waals surface area contributed by atoms with E-state index in [2.05, 4.69) is 40.5 Å². The molecule has 120 valence electrons. The molecule has 0 saturated heterocycles. The van der Waals surface area contributed by atoms with Gasteiger partial charge in [0.2, 0.25) is 5.91 Å². The van der Waals surface area contributed by atoms with Crippen LogP contribution in [-0.2, 0) is 17.8 Å². The van der Waals surface area contributed by atoms with Crippen molar-refractivity contribution in [2.45, 2.75) is 39.8 Å². The maximum atomic E-state index is 12.6. The number of fused-ring (bicyclic) bond motifs is 1. The zero-order valence-electron chi connectivity index (χ0n) is 14.1. The van der Waals surface area contributed by atoms with Crippen molar-refractivity contribution in [2.24, 2.45) is 0 Å². The summed E-state index contributed by atoms with van der Waals surface area (Å²) < 4.78 is 0. The molecule has 1 heterocycles. The van der Waals surface area contributed by atoms with Crippen LogP contribution in [0.1, 0.15) is 29.2 Å². The Bertz CT molecular complexity index is 723. The summed E-state index contributed by atoms with van der Waals surface area (Å²) in [5.41, 5.74) is 5.92.